The average Bonchev–Trinajstić information content (AvgIpc) is 3.35. The van der Waals surface area contributed by atoms with Crippen molar-refractivity contribution in [1.82, 2.24) is 5.32 Å². The molecule has 0 fully saturated rings. The number of carbonyl (C=O) groups is 1. The molecule has 4 heteroatoms. The highest BCUT2D eigenvalue weighted by molar-refractivity contribution is 5.76. The number of hydrogen-bond acceptors (Lipinski definition) is 3. The van der Waals surface area contributed by atoms with Gasteiger partial charge in [-0.15, -0.1) is 0 Å². The maximum Gasteiger partial charge on any atom is 0.220 e. The van der Waals surface area contributed by atoms with E-state index in [1.807, 2.05) is 6.08 Å². The van der Waals surface area contributed by atoms with Crippen molar-refractivity contribution in [2.24, 2.45) is 0 Å². The first kappa shape index (κ1) is 67.6. The van der Waals surface area contributed by atoms with E-state index in [1.54, 1.807) is 6.08 Å². The number of rotatable bonds is 59. The van der Waals surface area contributed by atoms with Gasteiger partial charge in [0.25, 0.3) is 0 Å². The Kier molecular flexibility index (Phi) is 59.7. The lowest BCUT2D eigenvalue weighted by atomic mass is 10.0. The number of nitrogens with one attached hydrogen (secondary N) is 1. The minimum absolute atomic E-state index is 0.0586. The first-order valence-electron chi connectivity index (χ1n) is 31.7. The summed E-state index contributed by atoms with van der Waals surface area (Å²) >= 11 is 0. The van der Waals surface area contributed by atoms with Crippen LogP contribution in [0, 0.1) is 0 Å². The maximum atomic E-state index is 12.5. The standard InChI is InChI=1S/C65H125NO3/c1-3-5-7-9-11-13-15-17-19-21-23-24-25-26-27-28-29-30-31-32-33-34-35-36-37-38-39-40-41-42-43-45-47-49-51-53-55-57-59-61-65(69)66-63(62-67)64(68)60-58-56-54-52-50-48-46-44-22-20-18-16-14-12-10-8-6-4-2/h29-30,32-33,58,60,63-64,67-68H,3-28,31,34-57,59,61-62H2,1-2H3,(H,66,69)/b30-29-,33-32-,60-58+. The van der Waals surface area contributed by atoms with Crippen LogP contribution in [0.3, 0.4) is 0 Å². The zero-order valence-corrected chi connectivity index (χ0v) is 47.1. The van der Waals surface area contributed by atoms with Crippen LogP contribution in [0.2, 0.25) is 0 Å². The number of allylic oxidation sites excluding steroid dienone is 5. The molecule has 0 saturated carbocycles. The summed E-state index contributed by atoms with van der Waals surface area (Å²) in [6.07, 6.45) is 83.5. The molecule has 69 heavy (non-hydrogen) atoms. The number of aliphatic hydroxyl groups excluding tert-OH is 2. The zero-order chi connectivity index (χ0) is 49.9. The van der Waals surface area contributed by atoms with E-state index in [-0.39, 0.29) is 12.5 Å². The van der Waals surface area contributed by atoms with Gasteiger partial charge in [-0.05, 0) is 51.4 Å². The van der Waals surface area contributed by atoms with Crippen molar-refractivity contribution < 1.29 is 15.0 Å². The van der Waals surface area contributed by atoms with Gasteiger partial charge >= 0.3 is 0 Å². The van der Waals surface area contributed by atoms with Crippen LogP contribution < -0.4 is 5.32 Å². The molecular formula is C65H125NO3. The molecule has 0 rings (SSSR count). The van der Waals surface area contributed by atoms with Crippen molar-refractivity contribution in [3.63, 3.8) is 0 Å². The quantitative estimate of drug-likeness (QED) is 0.0420. The Hall–Kier alpha value is -1.39. The first-order valence-corrected chi connectivity index (χ1v) is 31.7. The van der Waals surface area contributed by atoms with Crippen molar-refractivity contribution in [3.8, 4) is 0 Å². The van der Waals surface area contributed by atoms with Crippen LogP contribution in [0.25, 0.3) is 0 Å². The van der Waals surface area contributed by atoms with Crippen LogP contribution in [-0.4, -0.2) is 34.9 Å². The molecule has 0 aromatic heterocycles. The second-order valence-corrected chi connectivity index (χ2v) is 21.8. The number of carbonyl (C=O) groups excluding carboxylic acids is 1. The minimum atomic E-state index is -0.839. The second kappa shape index (κ2) is 60.9. The summed E-state index contributed by atoms with van der Waals surface area (Å²) in [5.41, 5.74) is 0. The summed E-state index contributed by atoms with van der Waals surface area (Å²) in [5.74, 6) is -0.0586. The van der Waals surface area contributed by atoms with Gasteiger partial charge in [0.2, 0.25) is 5.91 Å². The Labute approximate surface area is 433 Å². The molecule has 0 saturated heterocycles. The van der Waals surface area contributed by atoms with Crippen molar-refractivity contribution in [1.29, 1.82) is 0 Å². The summed E-state index contributed by atoms with van der Waals surface area (Å²) in [6, 6.07) is -0.622. The van der Waals surface area contributed by atoms with Crippen molar-refractivity contribution in [2.75, 3.05) is 6.61 Å². The van der Waals surface area contributed by atoms with E-state index in [0.717, 1.165) is 32.1 Å². The smallest absolute Gasteiger partial charge is 0.220 e. The molecule has 4 nitrogen and oxygen atoms in total. The van der Waals surface area contributed by atoms with Crippen molar-refractivity contribution in [2.45, 2.75) is 366 Å². The normalized spacial score (nSPS) is 12.9. The third kappa shape index (κ3) is 57.4. The van der Waals surface area contributed by atoms with E-state index in [0.29, 0.717) is 6.42 Å². The molecule has 0 heterocycles. The summed E-state index contributed by atoms with van der Waals surface area (Å²) in [6.45, 7) is 4.35. The third-order valence-corrected chi connectivity index (χ3v) is 14.9. The Balaban J connectivity index is 3.42. The summed E-state index contributed by atoms with van der Waals surface area (Å²) in [7, 11) is 0. The number of amides is 1. The fourth-order valence-electron chi connectivity index (χ4n) is 10.0. The lowest BCUT2D eigenvalue weighted by molar-refractivity contribution is -0.123. The van der Waals surface area contributed by atoms with E-state index < -0.39 is 12.1 Å². The summed E-state index contributed by atoms with van der Waals surface area (Å²) < 4.78 is 0. The molecule has 0 aromatic rings. The zero-order valence-electron chi connectivity index (χ0n) is 47.1. The minimum Gasteiger partial charge on any atom is -0.394 e. The van der Waals surface area contributed by atoms with Gasteiger partial charge in [-0.25, -0.2) is 0 Å². The predicted molar refractivity (Wildman–Crippen MR) is 308 cm³/mol. The van der Waals surface area contributed by atoms with Gasteiger partial charge in [0.1, 0.15) is 0 Å². The van der Waals surface area contributed by atoms with Crippen LogP contribution in [0.15, 0.2) is 36.5 Å². The molecule has 0 aliphatic rings. The lowest BCUT2D eigenvalue weighted by Gasteiger charge is -2.20. The predicted octanol–water partition coefficient (Wildman–Crippen LogP) is 21.2. The Morgan fingerprint density at radius 3 is 0.870 bits per heavy atom. The van der Waals surface area contributed by atoms with Crippen molar-refractivity contribution >= 4 is 5.91 Å². The van der Waals surface area contributed by atoms with Gasteiger partial charge in [-0.1, -0.05) is 333 Å². The average molecular weight is 969 g/mol. The van der Waals surface area contributed by atoms with Crippen LogP contribution >= 0.6 is 0 Å². The molecule has 0 aromatic carbocycles. The number of hydrogen-bond donors (Lipinski definition) is 3. The van der Waals surface area contributed by atoms with Gasteiger partial charge in [-0.2, -0.15) is 0 Å². The summed E-state index contributed by atoms with van der Waals surface area (Å²) in [4.78, 5) is 12.5. The topological polar surface area (TPSA) is 69.6 Å². The molecule has 0 radical (unpaired) electrons. The Morgan fingerprint density at radius 2 is 0.594 bits per heavy atom. The van der Waals surface area contributed by atoms with E-state index in [9.17, 15) is 15.0 Å². The van der Waals surface area contributed by atoms with Crippen LogP contribution in [0.4, 0.5) is 0 Å². The number of aliphatic hydroxyl groups is 2. The van der Waals surface area contributed by atoms with Gasteiger partial charge in [-0.3, -0.25) is 4.79 Å². The third-order valence-electron chi connectivity index (χ3n) is 14.9. The largest absolute Gasteiger partial charge is 0.394 e. The number of unbranched alkanes of at least 4 members (excludes halogenated alkanes) is 48. The lowest BCUT2D eigenvalue weighted by Crippen LogP contribution is -2.45. The molecule has 2 unspecified atom stereocenters. The van der Waals surface area contributed by atoms with E-state index in [2.05, 4.69) is 43.5 Å². The fraction of sp³-hybridized carbons (Fsp3) is 0.892. The summed E-state index contributed by atoms with van der Waals surface area (Å²) in [5, 5.41) is 23.2. The molecule has 2 atom stereocenters. The van der Waals surface area contributed by atoms with Crippen LogP contribution in [0.5, 0.6) is 0 Å². The van der Waals surface area contributed by atoms with E-state index >= 15 is 0 Å². The van der Waals surface area contributed by atoms with E-state index in [4.69, 9.17) is 0 Å². The van der Waals surface area contributed by atoms with Crippen LogP contribution in [0.1, 0.15) is 354 Å². The molecule has 408 valence electrons. The van der Waals surface area contributed by atoms with Gasteiger partial charge in [0.05, 0.1) is 18.8 Å². The fourth-order valence-corrected chi connectivity index (χ4v) is 10.0. The highest BCUT2D eigenvalue weighted by atomic mass is 16.3. The Morgan fingerprint density at radius 1 is 0.348 bits per heavy atom. The highest BCUT2D eigenvalue weighted by Crippen LogP contribution is 2.18. The first-order chi connectivity index (χ1) is 34.2. The van der Waals surface area contributed by atoms with Crippen LogP contribution in [-0.2, 0) is 4.79 Å². The van der Waals surface area contributed by atoms with Gasteiger partial charge < -0.3 is 15.5 Å². The van der Waals surface area contributed by atoms with Gasteiger partial charge in [0.15, 0.2) is 0 Å². The molecule has 0 aliphatic heterocycles. The molecule has 0 bridgehead atoms. The van der Waals surface area contributed by atoms with Gasteiger partial charge in [0, 0.05) is 6.42 Å². The second-order valence-electron chi connectivity index (χ2n) is 21.8. The molecule has 0 aliphatic carbocycles. The molecular weight excluding hydrogens is 843 g/mol. The highest BCUT2D eigenvalue weighted by Gasteiger charge is 2.18. The monoisotopic (exact) mass is 968 g/mol. The molecule has 0 spiro atoms. The molecule has 3 N–H and O–H groups in total. The Bertz CT molecular complexity index is 1050. The molecule has 1 amide bonds. The SMILES string of the molecule is CCCCCCCCCCCCCCCCC/C=C\C/C=C\CCCCCCCCCCCCCCCCCCCC(=O)NC(CO)C(O)/C=C/CCCCCCCCCCCCCCCCCC. The van der Waals surface area contributed by atoms with Crippen molar-refractivity contribution in [3.05, 3.63) is 36.5 Å². The maximum absolute atomic E-state index is 12.5. The van der Waals surface area contributed by atoms with E-state index in [1.165, 1.54) is 302 Å².